The van der Waals surface area contributed by atoms with Gasteiger partial charge in [-0.25, -0.2) is 0 Å². The van der Waals surface area contributed by atoms with E-state index in [0.29, 0.717) is 5.39 Å². The van der Waals surface area contributed by atoms with Crippen LogP contribution in [0.4, 0.5) is 13.2 Å². The molecular weight excluding hydrogens is 489 g/mol. The van der Waals surface area contributed by atoms with E-state index < -0.39 is 15.6 Å². The third-order valence-corrected chi connectivity index (χ3v) is 7.74. The van der Waals surface area contributed by atoms with Gasteiger partial charge in [0.25, 0.3) is 0 Å². The Morgan fingerprint density at radius 3 is 2.00 bits per heavy atom. The summed E-state index contributed by atoms with van der Waals surface area (Å²) in [4.78, 5) is 0. The molecule has 0 amide bonds. The molecule has 0 fully saturated rings. The molecule has 5 nitrogen and oxygen atoms in total. The average molecular weight is 520 g/mol. The summed E-state index contributed by atoms with van der Waals surface area (Å²) >= 11 is 0. The molecule has 36 heavy (non-hydrogen) atoms. The Morgan fingerprint density at radius 1 is 0.889 bits per heavy atom. The van der Waals surface area contributed by atoms with E-state index >= 15 is 0 Å². The Balaban J connectivity index is 1.92. The molecule has 4 aromatic rings. The van der Waals surface area contributed by atoms with Crippen LogP contribution in [0.3, 0.4) is 0 Å². The molecule has 4 rings (SSSR count). The largest absolute Gasteiger partial charge is 0.534 e. The highest BCUT2D eigenvalue weighted by atomic mass is 32.2. The highest BCUT2D eigenvalue weighted by Gasteiger charge is 2.48. The third kappa shape index (κ3) is 4.69. The van der Waals surface area contributed by atoms with Crippen molar-refractivity contribution in [2.24, 2.45) is 0 Å². The highest BCUT2D eigenvalue weighted by Crippen LogP contribution is 2.37. The molecule has 0 saturated carbocycles. The summed E-state index contributed by atoms with van der Waals surface area (Å²) in [6, 6.07) is 14.3. The molecule has 1 aromatic heterocycles. The van der Waals surface area contributed by atoms with Gasteiger partial charge in [0, 0.05) is 22.0 Å². The van der Waals surface area contributed by atoms with Gasteiger partial charge in [0.2, 0.25) is 0 Å². The number of aryl methyl sites for hydroxylation is 3. The van der Waals surface area contributed by atoms with Gasteiger partial charge in [-0.05, 0) is 81.3 Å². The third-order valence-electron chi connectivity index (χ3n) is 6.76. The van der Waals surface area contributed by atoms with Crippen LogP contribution in [0.5, 0.6) is 5.75 Å². The number of alkyl halides is 3. The van der Waals surface area contributed by atoms with Gasteiger partial charge in [-0.2, -0.15) is 21.6 Å². The number of quaternary nitrogens is 1. The second-order valence-corrected chi connectivity index (χ2v) is 11.5. The summed E-state index contributed by atoms with van der Waals surface area (Å²) < 4.78 is 69.1. The molecule has 0 aliphatic carbocycles. The van der Waals surface area contributed by atoms with E-state index in [4.69, 9.17) is 0 Å². The molecule has 0 aliphatic heterocycles. The number of aromatic nitrogens is 1. The highest BCUT2D eigenvalue weighted by molar-refractivity contribution is 7.88. The second kappa shape index (κ2) is 8.81. The van der Waals surface area contributed by atoms with E-state index in [1.165, 1.54) is 17.7 Å². The maximum atomic E-state index is 12.9. The Bertz CT molecular complexity index is 1560. The predicted octanol–water partition coefficient (Wildman–Crippen LogP) is 6.53. The Kier molecular flexibility index (Phi) is 6.37. The van der Waals surface area contributed by atoms with E-state index in [-0.39, 0.29) is 5.75 Å². The Hall–Kier alpha value is -3.04. The Morgan fingerprint density at radius 2 is 1.44 bits per heavy atom. The van der Waals surface area contributed by atoms with Gasteiger partial charge in [-0.15, -0.1) is 0 Å². The fraction of sp³-hybridized carbons (Fsp3) is 0.333. The fourth-order valence-electron chi connectivity index (χ4n) is 4.51. The summed E-state index contributed by atoms with van der Waals surface area (Å²) in [5.41, 5.74) is 1.59. The number of hydrogen-bond acceptors (Lipinski definition) is 3. The van der Waals surface area contributed by atoms with Crippen molar-refractivity contribution in [2.45, 2.75) is 39.7 Å². The van der Waals surface area contributed by atoms with Crippen molar-refractivity contribution < 1.29 is 30.3 Å². The second-order valence-electron chi connectivity index (χ2n) is 9.99. The van der Waals surface area contributed by atoms with Crippen molar-refractivity contribution in [3.05, 3.63) is 70.8 Å². The van der Waals surface area contributed by atoms with Gasteiger partial charge >= 0.3 is 15.6 Å². The molecule has 0 N–H and O–H groups in total. The van der Waals surface area contributed by atoms with Gasteiger partial charge in [-0.3, -0.25) is 0 Å². The quantitative estimate of drug-likeness (QED) is 0.165. The van der Waals surface area contributed by atoms with Crippen LogP contribution < -0.4 is 4.18 Å². The van der Waals surface area contributed by atoms with Crippen LogP contribution in [-0.4, -0.2) is 43.6 Å². The maximum absolute atomic E-state index is 12.9. The first kappa shape index (κ1) is 26.0. The number of halogens is 3. The summed E-state index contributed by atoms with van der Waals surface area (Å²) in [6.45, 7) is 10.2. The van der Waals surface area contributed by atoms with Crippen molar-refractivity contribution in [1.29, 1.82) is 0 Å². The van der Waals surface area contributed by atoms with Crippen LogP contribution in [0.25, 0.3) is 27.5 Å². The van der Waals surface area contributed by atoms with E-state index in [9.17, 15) is 21.6 Å². The summed E-state index contributed by atoms with van der Waals surface area (Å²) in [6.07, 6.45) is 0. The lowest BCUT2D eigenvalue weighted by Gasteiger charge is -2.30. The molecule has 0 radical (unpaired) electrons. The number of nitrogens with zero attached hydrogens (tertiary/aromatic N) is 2. The normalized spacial score (nSPS) is 13.0. The van der Waals surface area contributed by atoms with Crippen LogP contribution in [0.2, 0.25) is 0 Å². The summed E-state index contributed by atoms with van der Waals surface area (Å²) in [7, 11) is -1.38. The molecule has 0 atom stereocenters. The summed E-state index contributed by atoms with van der Waals surface area (Å²) in [5.74, 6) is -0.386. The molecule has 0 unspecified atom stereocenters. The molecule has 0 aliphatic rings. The van der Waals surface area contributed by atoms with Crippen LogP contribution in [-0.2, 0) is 16.7 Å². The maximum Gasteiger partial charge on any atom is 0.534 e. The molecule has 3 aromatic carbocycles. The summed E-state index contributed by atoms with van der Waals surface area (Å²) in [5, 5.41) is 1.40. The lowest BCUT2D eigenvalue weighted by Crippen LogP contribution is -2.38. The number of rotatable bonds is 6. The molecule has 0 bridgehead atoms. The van der Waals surface area contributed by atoms with Crippen LogP contribution in [0.15, 0.2) is 48.5 Å². The van der Waals surface area contributed by atoms with E-state index in [1.54, 1.807) is 6.07 Å². The molecule has 0 saturated heterocycles. The molecule has 192 valence electrons. The minimum absolute atomic E-state index is 0.386. The van der Waals surface area contributed by atoms with Crippen molar-refractivity contribution in [3.63, 3.8) is 0 Å². The zero-order valence-electron chi connectivity index (χ0n) is 21.2. The molecule has 9 heteroatoms. The van der Waals surface area contributed by atoms with Crippen molar-refractivity contribution in [2.75, 3.05) is 20.6 Å². The Labute approximate surface area is 209 Å². The smallest absolute Gasteiger partial charge is 0.376 e. The number of fused-ring (bicyclic) bond motifs is 3. The lowest BCUT2D eigenvalue weighted by molar-refractivity contribution is -0.901. The first-order valence-electron chi connectivity index (χ1n) is 11.6. The standard InChI is InChI=1S/C27H30F3N2O3S/c1-7-32(5,6)16-24-18(3)13-20(14-19(24)4)31-25-10-8-17(2)12-22(25)23-15-21(9-11-26(23)31)35-36(33,34)27(28,29)30/h8-15H,7,16H2,1-6H3/q+1. The first-order chi connectivity index (χ1) is 16.6. The number of hydrogen-bond donors (Lipinski definition) is 0. The van der Waals surface area contributed by atoms with Gasteiger partial charge < -0.3 is 13.2 Å². The van der Waals surface area contributed by atoms with Crippen LogP contribution in [0, 0.1) is 20.8 Å². The van der Waals surface area contributed by atoms with Gasteiger partial charge in [0.1, 0.15) is 12.3 Å². The van der Waals surface area contributed by atoms with Crippen molar-refractivity contribution >= 4 is 31.9 Å². The first-order valence-corrected chi connectivity index (χ1v) is 13.0. The van der Waals surface area contributed by atoms with Crippen LogP contribution >= 0.6 is 0 Å². The van der Waals surface area contributed by atoms with Crippen molar-refractivity contribution in [3.8, 4) is 11.4 Å². The zero-order valence-corrected chi connectivity index (χ0v) is 22.0. The fourth-order valence-corrected chi connectivity index (χ4v) is 4.96. The predicted molar refractivity (Wildman–Crippen MR) is 137 cm³/mol. The molecular formula is C27H30F3N2O3S+. The van der Waals surface area contributed by atoms with E-state index in [2.05, 4.69) is 55.7 Å². The van der Waals surface area contributed by atoms with E-state index in [1.807, 2.05) is 25.1 Å². The number of benzene rings is 3. The molecule has 1 heterocycles. The van der Waals surface area contributed by atoms with Gasteiger partial charge in [-0.1, -0.05) is 11.6 Å². The van der Waals surface area contributed by atoms with Gasteiger partial charge in [0.15, 0.2) is 0 Å². The zero-order chi connectivity index (χ0) is 26.6. The van der Waals surface area contributed by atoms with Crippen molar-refractivity contribution in [1.82, 2.24) is 4.57 Å². The molecule has 0 spiro atoms. The minimum atomic E-state index is -5.77. The average Bonchev–Trinajstić information content (AvgIpc) is 3.08. The minimum Gasteiger partial charge on any atom is -0.376 e. The van der Waals surface area contributed by atoms with Gasteiger partial charge in [0.05, 0.1) is 31.7 Å². The topological polar surface area (TPSA) is 48.3 Å². The van der Waals surface area contributed by atoms with E-state index in [0.717, 1.165) is 56.4 Å². The van der Waals surface area contributed by atoms with Crippen LogP contribution in [0.1, 0.15) is 29.2 Å². The lowest BCUT2D eigenvalue weighted by atomic mass is 10.0. The monoisotopic (exact) mass is 519 g/mol. The SMILES string of the molecule is CC[N+](C)(C)Cc1c(C)cc(-n2c3ccc(C)cc3c3cc(OS(=O)(=O)C(F)(F)F)ccc32)cc1C.